The zero-order valence-electron chi connectivity index (χ0n) is 27.7. The number of rotatable bonds is 4. The topological polar surface area (TPSA) is 153 Å². The first-order valence-corrected chi connectivity index (χ1v) is 16.3. The molecule has 14 heteroatoms. The third kappa shape index (κ3) is 8.03. The molecule has 1 unspecified atom stereocenters. The van der Waals surface area contributed by atoms with Crippen molar-refractivity contribution < 1.29 is 47.3 Å². The summed E-state index contributed by atoms with van der Waals surface area (Å²) in [6.45, 7) is 7.44. The first-order valence-electron chi connectivity index (χ1n) is 16.3. The van der Waals surface area contributed by atoms with E-state index in [0.717, 1.165) is 0 Å². The molecule has 5 atom stereocenters. The van der Waals surface area contributed by atoms with Gasteiger partial charge in [0.2, 0.25) is 11.8 Å². The van der Waals surface area contributed by atoms with Crippen LogP contribution in [-0.2, 0) is 46.4 Å². The van der Waals surface area contributed by atoms with E-state index >= 15 is 0 Å². The van der Waals surface area contributed by atoms with Crippen molar-refractivity contribution in [2.45, 2.75) is 89.8 Å². The first-order chi connectivity index (χ1) is 22.8. The van der Waals surface area contributed by atoms with Crippen molar-refractivity contribution in [1.82, 2.24) is 15.1 Å². The summed E-state index contributed by atoms with van der Waals surface area (Å²) < 4.78 is 36.5. The lowest BCUT2D eigenvalue weighted by Crippen LogP contribution is -2.54. The van der Waals surface area contributed by atoms with Gasteiger partial charge in [-0.25, -0.2) is 18.8 Å². The number of aliphatic imine (C=N–C) groups is 1. The smallest absolute Gasteiger partial charge is 0.433 e. The molecule has 1 saturated carbocycles. The van der Waals surface area contributed by atoms with Crippen LogP contribution in [0.4, 0.5) is 14.0 Å². The quantitative estimate of drug-likeness (QED) is 0.219. The van der Waals surface area contributed by atoms with E-state index in [0.29, 0.717) is 30.6 Å². The maximum atomic E-state index is 14.3. The second-order valence-electron chi connectivity index (χ2n) is 13.5. The van der Waals surface area contributed by atoms with Gasteiger partial charge in [-0.3, -0.25) is 14.5 Å². The van der Waals surface area contributed by atoms with E-state index in [1.54, 1.807) is 39.8 Å². The Bertz CT molecular complexity index is 1490. The van der Waals surface area contributed by atoms with Gasteiger partial charge in [0.25, 0.3) is 0 Å². The van der Waals surface area contributed by atoms with E-state index in [-0.39, 0.29) is 51.6 Å². The molecule has 1 saturated heterocycles. The van der Waals surface area contributed by atoms with E-state index in [9.17, 15) is 28.4 Å². The number of hydrogen-bond acceptors (Lipinski definition) is 9. The van der Waals surface area contributed by atoms with Crippen LogP contribution in [0.5, 0.6) is 0 Å². The number of benzene rings is 1. The van der Waals surface area contributed by atoms with Crippen molar-refractivity contribution in [3.63, 3.8) is 0 Å². The molecule has 1 aromatic rings. The number of amides is 4. The van der Waals surface area contributed by atoms with Crippen LogP contribution < -0.4 is 5.32 Å². The fraction of sp³-hybridized carbons (Fsp3) is 0.588. The lowest BCUT2D eigenvalue weighted by molar-refractivity contribution is -0.150. The number of nitrogens with zero attached hydrogens (tertiary/aromatic N) is 3. The van der Waals surface area contributed by atoms with Crippen molar-refractivity contribution in [3.8, 4) is 0 Å². The molecule has 4 aliphatic rings. The highest BCUT2D eigenvalue weighted by atomic mass is 19.1. The summed E-state index contributed by atoms with van der Waals surface area (Å²) in [4.78, 5) is 73.4. The minimum absolute atomic E-state index is 0.0281. The van der Waals surface area contributed by atoms with Gasteiger partial charge >= 0.3 is 18.2 Å². The summed E-state index contributed by atoms with van der Waals surface area (Å²) >= 11 is 0. The van der Waals surface area contributed by atoms with Crippen LogP contribution in [-0.4, -0.2) is 95.6 Å². The number of carbonyl (C=O) groups is 5. The van der Waals surface area contributed by atoms with Gasteiger partial charge < -0.3 is 29.2 Å². The highest BCUT2D eigenvalue weighted by Gasteiger charge is 2.62. The second kappa shape index (κ2) is 14.4. The number of fused-ring (bicyclic) bond motifs is 3. The molecule has 3 aliphatic heterocycles. The summed E-state index contributed by atoms with van der Waals surface area (Å²) in [5.41, 5.74) is -1.01. The van der Waals surface area contributed by atoms with Gasteiger partial charge in [-0.2, -0.15) is 4.99 Å². The predicted octanol–water partition coefficient (Wildman–Crippen LogP) is 3.67. The Morgan fingerprint density at radius 3 is 2.71 bits per heavy atom. The van der Waals surface area contributed by atoms with Crippen molar-refractivity contribution >= 4 is 36.2 Å². The van der Waals surface area contributed by atoms with Crippen LogP contribution in [0, 0.1) is 17.7 Å². The van der Waals surface area contributed by atoms with Gasteiger partial charge in [-0.05, 0) is 58.6 Å². The number of esters is 1. The molecule has 0 radical (unpaired) electrons. The Balaban J connectivity index is 1.39. The third-order valence-electron chi connectivity index (χ3n) is 8.74. The Kier molecular flexibility index (Phi) is 10.5. The molecule has 0 spiro atoms. The molecule has 48 heavy (non-hydrogen) atoms. The van der Waals surface area contributed by atoms with Crippen LogP contribution in [0.25, 0.3) is 0 Å². The number of carbonyl (C=O) groups excluding carboxylic acids is 5. The van der Waals surface area contributed by atoms with Gasteiger partial charge in [0, 0.05) is 37.3 Å². The third-order valence-corrected chi connectivity index (χ3v) is 8.74. The van der Waals surface area contributed by atoms with Crippen LogP contribution in [0.3, 0.4) is 0 Å². The molecule has 5 rings (SSSR count). The molecule has 3 heterocycles. The molecule has 4 amide bonds. The standard InChI is InChI=1S/C34H43FN4O9/c1-5-46-30(42)34-16-23(34)10-6-7-13-45-14-12-21(17-36-31(43)48-33(2,3)4)29(41)39-19-24(15-27(39)28(40)37-34)47-32(44)38-18-22-9-8-11-26(35)25(22)20-38/h6,8-11,17,21,23-24,27H,5,7,12-16,18-20H2,1-4H3,(H,37,40)/b10-6-,36-17?/t21?,23-,24-,27+,34-/m1/s1. The Labute approximate surface area is 278 Å². The molecule has 1 aromatic carbocycles. The van der Waals surface area contributed by atoms with Gasteiger partial charge in [-0.15, -0.1) is 0 Å². The SMILES string of the molecule is CCOC(=O)[C@@]12C[C@H]1/C=C\CCOCCC(C=NC(=O)OC(C)(C)C)C(=O)N1C[C@H](OC(=O)N3Cc4cccc(F)c4C3)C[C@H]1C(=O)N2. The van der Waals surface area contributed by atoms with Crippen LogP contribution in [0.15, 0.2) is 35.3 Å². The summed E-state index contributed by atoms with van der Waals surface area (Å²) in [7, 11) is 0. The van der Waals surface area contributed by atoms with E-state index < -0.39 is 65.0 Å². The molecule has 0 bridgehead atoms. The fourth-order valence-electron chi connectivity index (χ4n) is 6.25. The van der Waals surface area contributed by atoms with Crippen molar-refractivity contribution in [3.05, 3.63) is 47.3 Å². The Morgan fingerprint density at radius 1 is 1.19 bits per heavy atom. The van der Waals surface area contributed by atoms with E-state index in [1.807, 2.05) is 12.2 Å². The van der Waals surface area contributed by atoms with E-state index in [2.05, 4.69) is 10.3 Å². The summed E-state index contributed by atoms with van der Waals surface area (Å²) in [6, 6.07) is 3.52. The minimum atomic E-state index is -1.29. The lowest BCUT2D eigenvalue weighted by atomic mass is 10.0. The van der Waals surface area contributed by atoms with E-state index in [1.165, 1.54) is 22.1 Å². The molecular formula is C34H43FN4O9. The Morgan fingerprint density at radius 2 is 1.98 bits per heavy atom. The average Bonchev–Trinajstić information content (AvgIpc) is 3.32. The van der Waals surface area contributed by atoms with Crippen molar-refractivity contribution in [2.75, 3.05) is 26.4 Å². The lowest BCUT2D eigenvalue weighted by Gasteiger charge is -2.28. The molecular weight excluding hydrogens is 627 g/mol. The Hall–Kier alpha value is -4.33. The molecule has 2 fully saturated rings. The summed E-state index contributed by atoms with van der Waals surface area (Å²) in [5, 5.41) is 2.86. The van der Waals surface area contributed by atoms with Gasteiger partial charge in [0.05, 0.1) is 32.2 Å². The highest BCUT2D eigenvalue weighted by Crippen LogP contribution is 2.46. The van der Waals surface area contributed by atoms with Crippen molar-refractivity contribution in [2.24, 2.45) is 16.8 Å². The van der Waals surface area contributed by atoms with Gasteiger partial charge in [-0.1, -0.05) is 24.3 Å². The zero-order chi connectivity index (χ0) is 34.6. The number of hydrogen-bond donors (Lipinski definition) is 1. The molecule has 260 valence electrons. The molecule has 1 N–H and O–H groups in total. The number of ether oxygens (including phenoxy) is 4. The van der Waals surface area contributed by atoms with Crippen LogP contribution in [0.2, 0.25) is 0 Å². The summed E-state index contributed by atoms with van der Waals surface area (Å²) in [5.74, 6) is -3.41. The van der Waals surface area contributed by atoms with Gasteiger partial charge in [0.15, 0.2) is 0 Å². The zero-order valence-corrected chi connectivity index (χ0v) is 27.7. The fourth-order valence-corrected chi connectivity index (χ4v) is 6.25. The first kappa shape index (κ1) is 35.0. The molecule has 0 aromatic heterocycles. The average molecular weight is 671 g/mol. The maximum Gasteiger partial charge on any atom is 0.433 e. The highest BCUT2D eigenvalue weighted by molar-refractivity contribution is 6.00. The largest absolute Gasteiger partial charge is 0.464 e. The van der Waals surface area contributed by atoms with Crippen molar-refractivity contribution in [1.29, 1.82) is 0 Å². The normalized spacial score (nSPS) is 28.4. The number of nitrogens with one attached hydrogen (secondary N) is 1. The minimum Gasteiger partial charge on any atom is -0.464 e. The second-order valence-corrected chi connectivity index (χ2v) is 13.5. The molecule has 13 nitrogen and oxygen atoms in total. The monoisotopic (exact) mass is 670 g/mol. The summed E-state index contributed by atoms with van der Waals surface area (Å²) in [6.07, 6.45) is 3.42. The van der Waals surface area contributed by atoms with Crippen LogP contribution >= 0.6 is 0 Å². The predicted molar refractivity (Wildman–Crippen MR) is 169 cm³/mol. The number of halogens is 1. The molecule has 1 aliphatic carbocycles. The van der Waals surface area contributed by atoms with Gasteiger partial charge in [0.1, 0.15) is 29.1 Å². The van der Waals surface area contributed by atoms with E-state index in [4.69, 9.17) is 18.9 Å². The van der Waals surface area contributed by atoms with Crippen LogP contribution in [0.1, 0.15) is 64.5 Å². The maximum absolute atomic E-state index is 14.3.